The van der Waals surface area contributed by atoms with Crippen molar-refractivity contribution >= 4 is 16.0 Å². The summed E-state index contributed by atoms with van der Waals surface area (Å²) in [7, 11) is -3.82. The first-order valence-corrected chi connectivity index (χ1v) is 7.54. The number of aryl methyl sites for hydroxylation is 1. The first-order valence-electron chi connectivity index (χ1n) is 6.10. The molecule has 0 amide bonds. The van der Waals surface area contributed by atoms with Crippen LogP contribution in [0.25, 0.3) is 0 Å². The zero-order valence-corrected chi connectivity index (χ0v) is 12.4. The molecule has 20 heavy (non-hydrogen) atoms. The minimum Gasteiger partial charge on any atom is -0.475 e. The molecule has 2 heterocycles. The molecule has 0 aromatic carbocycles. The van der Waals surface area contributed by atoms with Crippen LogP contribution in [-0.4, -0.2) is 49.1 Å². The molecule has 1 aliphatic rings. The molecule has 0 aliphatic carbocycles. The normalized spacial score (nSPS) is 19.9. The van der Waals surface area contributed by atoms with Crippen LogP contribution >= 0.6 is 0 Å². The van der Waals surface area contributed by atoms with E-state index in [4.69, 9.17) is 14.3 Å². The van der Waals surface area contributed by atoms with Gasteiger partial charge in [-0.2, -0.15) is 4.31 Å². The van der Waals surface area contributed by atoms with E-state index < -0.39 is 21.5 Å². The quantitative estimate of drug-likeness (QED) is 0.897. The van der Waals surface area contributed by atoms with Crippen molar-refractivity contribution in [1.29, 1.82) is 0 Å². The fourth-order valence-corrected chi connectivity index (χ4v) is 4.15. The van der Waals surface area contributed by atoms with Gasteiger partial charge in [-0.25, -0.2) is 13.2 Å². The largest absolute Gasteiger partial charge is 0.475 e. The Labute approximate surface area is 117 Å². The molecule has 1 aliphatic heterocycles. The van der Waals surface area contributed by atoms with Crippen LogP contribution in [0.1, 0.15) is 30.2 Å². The van der Waals surface area contributed by atoms with Gasteiger partial charge in [-0.1, -0.05) is 0 Å². The highest BCUT2D eigenvalue weighted by atomic mass is 32.2. The molecule has 0 unspecified atom stereocenters. The summed E-state index contributed by atoms with van der Waals surface area (Å²) in [6, 6.07) is 1.05. The van der Waals surface area contributed by atoms with Gasteiger partial charge in [0.2, 0.25) is 15.8 Å². The van der Waals surface area contributed by atoms with Gasteiger partial charge in [-0.15, -0.1) is 0 Å². The molecule has 7 nitrogen and oxygen atoms in total. The molecule has 1 aromatic rings. The van der Waals surface area contributed by atoms with Gasteiger partial charge in [-0.3, -0.25) is 0 Å². The zero-order valence-electron chi connectivity index (χ0n) is 11.5. The molecule has 2 rings (SSSR count). The second kappa shape index (κ2) is 4.87. The number of furan rings is 1. The van der Waals surface area contributed by atoms with Crippen molar-refractivity contribution in [1.82, 2.24) is 4.31 Å². The standard InChI is InChI=1S/C12H17NO6S/c1-8-10(6-9(19-8)11(14)15)20(16,17)13-4-5-18-7-12(13,2)3/h6H,4-5,7H2,1-3H3,(H,14,15). The summed E-state index contributed by atoms with van der Waals surface area (Å²) in [6.07, 6.45) is 0. The Morgan fingerprint density at radius 2 is 2.10 bits per heavy atom. The van der Waals surface area contributed by atoms with Gasteiger partial charge < -0.3 is 14.3 Å². The van der Waals surface area contributed by atoms with Gasteiger partial charge in [-0.05, 0) is 20.8 Å². The van der Waals surface area contributed by atoms with Crippen molar-refractivity contribution in [2.45, 2.75) is 31.2 Å². The van der Waals surface area contributed by atoms with E-state index in [1.165, 1.54) is 11.2 Å². The maximum absolute atomic E-state index is 12.7. The van der Waals surface area contributed by atoms with Crippen LogP contribution in [0.4, 0.5) is 0 Å². The Morgan fingerprint density at radius 3 is 2.60 bits per heavy atom. The van der Waals surface area contributed by atoms with E-state index in [1.807, 2.05) is 0 Å². The minimum atomic E-state index is -3.82. The average molecular weight is 303 g/mol. The van der Waals surface area contributed by atoms with Crippen LogP contribution in [0, 0.1) is 6.92 Å². The molecule has 0 saturated carbocycles. The van der Waals surface area contributed by atoms with Crippen LogP contribution in [0.5, 0.6) is 0 Å². The number of carboxylic acids is 1. The summed E-state index contributed by atoms with van der Waals surface area (Å²) in [6.45, 7) is 5.78. The number of carbonyl (C=O) groups is 1. The highest BCUT2D eigenvalue weighted by Gasteiger charge is 2.41. The Bertz CT molecular complexity index is 630. The highest BCUT2D eigenvalue weighted by molar-refractivity contribution is 7.89. The predicted octanol–water partition coefficient (Wildman–Crippen LogP) is 1.09. The number of aromatic carboxylic acids is 1. The van der Waals surface area contributed by atoms with Crippen molar-refractivity contribution < 1.29 is 27.5 Å². The molecular weight excluding hydrogens is 286 g/mol. The Morgan fingerprint density at radius 1 is 1.45 bits per heavy atom. The van der Waals surface area contributed by atoms with E-state index in [0.717, 1.165) is 6.07 Å². The van der Waals surface area contributed by atoms with Crippen molar-refractivity contribution in [3.05, 3.63) is 17.6 Å². The van der Waals surface area contributed by atoms with Gasteiger partial charge in [0, 0.05) is 12.6 Å². The Hall–Kier alpha value is -1.38. The monoisotopic (exact) mass is 303 g/mol. The predicted molar refractivity (Wildman–Crippen MR) is 69.2 cm³/mol. The molecule has 8 heteroatoms. The van der Waals surface area contributed by atoms with E-state index in [-0.39, 0.29) is 29.6 Å². The molecule has 0 spiro atoms. The molecule has 1 saturated heterocycles. The summed E-state index contributed by atoms with van der Waals surface area (Å²) in [5.41, 5.74) is -0.690. The third-order valence-electron chi connectivity index (χ3n) is 3.22. The van der Waals surface area contributed by atoms with Gasteiger partial charge in [0.05, 0.1) is 18.8 Å². The number of ether oxygens (including phenoxy) is 1. The van der Waals surface area contributed by atoms with E-state index in [2.05, 4.69) is 0 Å². The summed E-state index contributed by atoms with van der Waals surface area (Å²) < 4.78 is 37.0. The maximum atomic E-state index is 12.7. The van der Waals surface area contributed by atoms with Crippen LogP contribution in [-0.2, 0) is 14.8 Å². The van der Waals surface area contributed by atoms with Crippen LogP contribution in [0.3, 0.4) is 0 Å². The lowest BCUT2D eigenvalue weighted by Gasteiger charge is -2.40. The van der Waals surface area contributed by atoms with E-state index in [9.17, 15) is 13.2 Å². The first kappa shape index (κ1) is 15.0. The Balaban J connectivity index is 2.47. The Kier molecular flexibility index (Phi) is 3.66. The molecule has 1 N–H and O–H groups in total. The molecule has 0 radical (unpaired) electrons. The van der Waals surface area contributed by atoms with Crippen molar-refractivity contribution in [3.8, 4) is 0 Å². The second-order valence-corrected chi connectivity index (χ2v) is 7.11. The lowest BCUT2D eigenvalue weighted by atomic mass is 10.1. The van der Waals surface area contributed by atoms with E-state index in [0.29, 0.717) is 6.61 Å². The number of sulfonamides is 1. The second-order valence-electron chi connectivity index (χ2n) is 5.28. The molecule has 0 atom stereocenters. The smallest absolute Gasteiger partial charge is 0.371 e. The van der Waals surface area contributed by atoms with Crippen LogP contribution in [0.2, 0.25) is 0 Å². The maximum Gasteiger partial charge on any atom is 0.371 e. The van der Waals surface area contributed by atoms with E-state index in [1.54, 1.807) is 13.8 Å². The van der Waals surface area contributed by atoms with Gasteiger partial charge >= 0.3 is 5.97 Å². The van der Waals surface area contributed by atoms with Crippen molar-refractivity contribution in [2.75, 3.05) is 19.8 Å². The number of rotatable bonds is 3. The zero-order chi connectivity index (χ0) is 15.1. The summed E-state index contributed by atoms with van der Waals surface area (Å²) in [5, 5.41) is 8.88. The van der Waals surface area contributed by atoms with Crippen LogP contribution < -0.4 is 0 Å². The summed E-state index contributed by atoms with van der Waals surface area (Å²) in [4.78, 5) is 10.8. The van der Waals surface area contributed by atoms with Gasteiger partial charge in [0.1, 0.15) is 10.7 Å². The lowest BCUT2D eigenvalue weighted by molar-refractivity contribution is -0.00774. The fourth-order valence-electron chi connectivity index (χ4n) is 2.24. The van der Waals surface area contributed by atoms with Crippen molar-refractivity contribution in [2.24, 2.45) is 0 Å². The molecule has 1 fully saturated rings. The summed E-state index contributed by atoms with van der Waals surface area (Å²) >= 11 is 0. The SMILES string of the molecule is Cc1oc(C(=O)O)cc1S(=O)(=O)N1CCOCC1(C)C. The highest BCUT2D eigenvalue weighted by Crippen LogP contribution is 2.30. The lowest BCUT2D eigenvalue weighted by Crippen LogP contribution is -2.55. The number of hydrogen-bond acceptors (Lipinski definition) is 5. The molecule has 1 aromatic heterocycles. The third kappa shape index (κ3) is 2.46. The first-order chi connectivity index (χ1) is 9.16. The molecule has 112 valence electrons. The summed E-state index contributed by atoms with van der Waals surface area (Å²) in [5.74, 6) is -1.60. The average Bonchev–Trinajstić information content (AvgIpc) is 2.71. The number of carboxylic acid groups (broad SMARTS) is 1. The topological polar surface area (TPSA) is 97.0 Å². The fraction of sp³-hybridized carbons (Fsp3) is 0.583. The van der Waals surface area contributed by atoms with Crippen molar-refractivity contribution in [3.63, 3.8) is 0 Å². The van der Waals surface area contributed by atoms with Crippen LogP contribution in [0.15, 0.2) is 15.4 Å². The third-order valence-corrected chi connectivity index (χ3v) is 5.44. The molecule has 0 bridgehead atoms. The molecular formula is C12H17NO6S. The van der Waals surface area contributed by atoms with Gasteiger partial charge in [0.15, 0.2) is 0 Å². The minimum absolute atomic E-state index is 0.0738. The number of morpholine rings is 1. The van der Waals surface area contributed by atoms with Gasteiger partial charge in [0.25, 0.3) is 0 Å². The number of nitrogens with zero attached hydrogens (tertiary/aromatic N) is 1. The number of hydrogen-bond donors (Lipinski definition) is 1. The van der Waals surface area contributed by atoms with E-state index >= 15 is 0 Å².